The number of rotatable bonds is 4. The summed E-state index contributed by atoms with van der Waals surface area (Å²) in [6.07, 6.45) is -0.801. The molecule has 0 spiro atoms. The minimum Gasteiger partial charge on any atom is -0.444 e. The average molecular weight is 386 g/mol. The lowest BCUT2D eigenvalue weighted by atomic mass is 10.2. The number of hydrogen-bond donors (Lipinski definition) is 1. The van der Waals surface area contributed by atoms with Gasteiger partial charge in [0.15, 0.2) is 0 Å². The first-order valence-corrected chi connectivity index (χ1v) is 7.26. The normalized spacial score (nSPS) is 10.1. The van der Waals surface area contributed by atoms with E-state index >= 15 is 0 Å². The van der Waals surface area contributed by atoms with Gasteiger partial charge < -0.3 is 4.74 Å². The van der Waals surface area contributed by atoms with E-state index in [0.29, 0.717) is 4.47 Å². The molecule has 1 N–H and O–H groups in total. The van der Waals surface area contributed by atoms with Crippen molar-refractivity contribution < 1.29 is 14.5 Å². The number of nitro benzene ring substituents is 1. The molecule has 0 fully saturated rings. The number of hydrogen-bond acceptors (Lipinski definition) is 4. The predicted octanol–water partition coefficient (Wildman–Crippen LogP) is 4.76. The van der Waals surface area contributed by atoms with Gasteiger partial charge in [-0.2, -0.15) is 0 Å². The molecule has 0 aromatic heterocycles. The van der Waals surface area contributed by atoms with Gasteiger partial charge in [-0.25, -0.2) is 4.79 Å². The molecule has 0 aliphatic carbocycles. The Kier molecular flexibility index (Phi) is 5.35. The highest BCUT2D eigenvalue weighted by Crippen LogP contribution is 2.38. The lowest BCUT2D eigenvalue weighted by molar-refractivity contribution is -0.383. The molecule has 1 amide bonds. The first kappa shape index (κ1) is 16.3. The fourth-order valence-corrected chi connectivity index (χ4v) is 2.24. The molecule has 22 heavy (non-hydrogen) atoms. The van der Waals surface area contributed by atoms with Crippen LogP contribution in [0.1, 0.15) is 5.56 Å². The number of ether oxygens (including phenoxy) is 1. The van der Waals surface area contributed by atoms with E-state index in [-0.39, 0.29) is 17.3 Å². The third kappa shape index (κ3) is 3.96. The Hall–Kier alpha value is -2.12. The van der Waals surface area contributed by atoms with Crippen LogP contribution in [0.4, 0.5) is 16.2 Å². The van der Waals surface area contributed by atoms with Crippen molar-refractivity contribution in [1.82, 2.24) is 0 Å². The Labute approximate surface area is 139 Å². The van der Waals surface area contributed by atoms with E-state index in [4.69, 9.17) is 16.3 Å². The molecule has 0 aliphatic heterocycles. The highest BCUT2D eigenvalue weighted by Gasteiger charge is 2.23. The van der Waals surface area contributed by atoms with E-state index in [9.17, 15) is 14.9 Å². The lowest BCUT2D eigenvalue weighted by Crippen LogP contribution is -2.14. The van der Waals surface area contributed by atoms with Crippen LogP contribution in [0.25, 0.3) is 0 Å². The third-order valence-electron chi connectivity index (χ3n) is 2.70. The van der Waals surface area contributed by atoms with Crippen molar-refractivity contribution in [3.63, 3.8) is 0 Å². The number of nitrogens with zero attached hydrogens (tertiary/aromatic N) is 1. The summed E-state index contributed by atoms with van der Waals surface area (Å²) < 4.78 is 5.37. The summed E-state index contributed by atoms with van der Waals surface area (Å²) in [4.78, 5) is 22.1. The molecule has 114 valence electrons. The molecule has 2 aromatic carbocycles. The molecular formula is C14H10BrClN2O4. The van der Waals surface area contributed by atoms with Crippen LogP contribution in [-0.4, -0.2) is 11.0 Å². The predicted molar refractivity (Wildman–Crippen MR) is 86.1 cm³/mol. The van der Waals surface area contributed by atoms with Crippen LogP contribution in [0.2, 0.25) is 5.02 Å². The Morgan fingerprint density at radius 3 is 2.59 bits per heavy atom. The van der Waals surface area contributed by atoms with Crippen molar-refractivity contribution in [3.8, 4) is 0 Å². The molecule has 2 rings (SSSR count). The largest absolute Gasteiger partial charge is 0.444 e. The summed E-state index contributed by atoms with van der Waals surface area (Å²) in [5, 5.41) is 13.3. The van der Waals surface area contributed by atoms with E-state index in [0.717, 1.165) is 5.56 Å². The van der Waals surface area contributed by atoms with Crippen LogP contribution in [0.15, 0.2) is 46.9 Å². The number of halogens is 2. The Bertz CT molecular complexity index is 709. The van der Waals surface area contributed by atoms with E-state index in [1.165, 1.54) is 12.1 Å². The first-order valence-electron chi connectivity index (χ1n) is 6.09. The Morgan fingerprint density at radius 1 is 1.27 bits per heavy atom. The summed E-state index contributed by atoms with van der Waals surface area (Å²) >= 11 is 8.96. The van der Waals surface area contributed by atoms with Crippen molar-refractivity contribution in [3.05, 3.63) is 67.6 Å². The number of nitrogens with one attached hydrogen (secondary N) is 1. The molecule has 0 bridgehead atoms. The highest BCUT2D eigenvalue weighted by molar-refractivity contribution is 9.10. The summed E-state index contributed by atoms with van der Waals surface area (Å²) in [6, 6.07) is 11.9. The molecule has 0 saturated carbocycles. The molecule has 8 heteroatoms. The van der Waals surface area contributed by atoms with Gasteiger partial charge in [0.1, 0.15) is 17.3 Å². The summed E-state index contributed by atoms with van der Waals surface area (Å²) in [5.74, 6) is 0. The second kappa shape index (κ2) is 7.24. The summed E-state index contributed by atoms with van der Waals surface area (Å²) in [6.45, 7) is 0.0602. The molecular weight excluding hydrogens is 376 g/mol. The number of anilines is 1. The van der Waals surface area contributed by atoms with Crippen molar-refractivity contribution in [2.24, 2.45) is 0 Å². The number of nitro groups is 1. The van der Waals surface area contributed by atoms with E-state index in [1.807, 2.05) is 18.2 Å². The standard InChI is InChI=1S/C14H10BrClN2O4/c15-10-6-7-11(13(12(10)16)18(20)21)17-14(19)22-8-9-4-2-1-3-5-9/h1-7H,8H2,(H,17,19). The van der Waals surface area contributed by atoms with Crippen LogP contribution in [0, 0.1) is 10.1 Å². The van der Waals surface area contributed by atoms with Gasteiger partial charge in [0, 0.05) is 4.47 Å². The van der Waals surface area contributed by atoms with Gasteiger partial charge in [0.25, 0.3) is 0 Å². The quantitative estimate of drug-likeness (QED) is 0.608. The van der Waals surface area contributed by atoms with E-state index in [1.54, 1.807) is 12.1 Å². The summed E-state index contributed by atoms with van der Waals surface area (Å²) in [7, 11) is 0. The fourth-order valence-electron chi connectivity index (χ4n) is 1.69. The number of carbonyl (C=O) groups excluding carboxylic acids is 1. The van der Waals surface area contributed by atoms with Crippen molar-refractivity contribution in [2.75, 3.05) is 5.32 Å². The van der Waals surface area contributed by atoms with Crippen molar-refractivity contribution in [1.29, 1.82) is 0 Å². The minimum absolute atomic E-state index is 0.0312. The van der Waals surface area contributed by atoms with Gasteiger partial charge in [-0.3, -0.25) is 15.4 Å². The highest BCUT2D eigenvalue weighted by atomic mass is 79.9. The van der Waals surface area contributed by atoms with Crippen LogP contribution < -0.4 is 5.32 Å². The van der Waals surface area contributed by atoms with Gasteiger partial charge >= 0.3 is 11.8 Å². The Morgan fingerprint density at radius 2 is 1.95 bits per heavy atom. The fraction of sp³-hybridized carbons (Fsp3) is 0.0714. The topological polar surface area (TPSA) is 81.5 Å². The number of carbonyl (C=O) groups is 1. The molecule has 0 atom stereocenters. The van der Waals surface area contributed by atoms with Gasteiger partial charge in [-0.1, -0.05) is 41.9 Å². The summed E-state index contributed by atoms with van der Waals surface area (Å²) in [5.41, 5.74) is 0.380. The van der Waals surface area contributed by atoms with Gasteiger partial charge in [-0.05, 0) is 33.6 Å². The minimum atomic E-state index is -0.801. The zero-order valence-electron chi connectivity index (χ0n) is 11.1. The van der Waals surface area contributed by atoms with Crippen molar-refractivity contribution in [2.45, 2.75) is 6.61 Å². The maximum absolute atomic E-state index is 11.7. The second-order valence-electron chi connectivity index (χ2n) is 4.20. The molecule has 6 nitrogen and oxygen atoms in total. The smallest absolute Gasteiger partial charge is 0.412 e. The van der Waals surface area contributed by atoms with Crippen LogP contribution in [0.5, 0.6) is 0 Å². The van der Waals surface area contributed by atoms with Gasteiger partial charge in [-0.15, -0.1) is 0 Å². The van der Waals surface area contributed by atoms with E-state index in [2.05, 4.69) is 21.2 Å². The van der Waals surface area contributed by atoms with Gasteiger partial charge in [0.2, 0.25) is 0 Å². The molecule has 0 radical (unpaired) electrons. The van der Waals surface area contributed by atoms with E-state index < -0.39 is 16.7 Å². The van der Waals surface area contributed by atoms with Crippen molar-refractivity contribution >= 4 is 45.0 Å². The molecule has 0 saturated heterocycles. The van der Waals surface area contributed by atoms with Crippen LogP contribution >= 0.6 is 27.5 Å². The maximum atomic E-state index is 11.7. The lowest BCUT2D eigenvalue weighted by Gasteiger charge is -2.09. The zero-order valence-corrected chi connectivity index (χ0v) is 13.4. The average Bonchev–Trinajstić information content (AvgIpc) is 2.50. The van der Waals surface area contributed by atoms with Gasteiger partial charge in [0.05, 0.1) is 4.92 Å². The molecule has 0 unspecified atom stereocenters. The van der Waals surface area contributed by atoms with Crippen LogP contribution in [-0.2, 0) is 11.3 Å². The molecule has 2 aromatic rings. The maximum Gasteiger partial charge on any atom is 0.412 e. The first-order chi connectivity index (χ1) is 10.5. The number of amides is 1. The zero-order chi connectivity index (χ0) is 16.1. The van der Waals surface area contributed by atoms with Crippen LogP contribution in [0.3, 0.4) is 0 Å². The number of benzene rings is 2. The third-order valence-corrected chi connectivity index (χ3v) is 3.97. The Balaban J connectivity index is 2.09. The SMILES string of the molecule is O=C(Nc1ccc(Br)c(Cl)c1[N+](=O)[O-])OCc1ccccc1. The molecule has 0 heterocycles. The monoisotopic (exact) mass is 384 g/mol. The second-order valence-corrected chi connectivity index (χ2v) is 5.43. The molecule has 0 aliphatic rings.